The van der Waals surface area contributed by atoms with Crippen molar-refractivity contribution in [1.29, 1.82) is 0 Å². The highest BCUT2D eigenvalue weighted by Crippen LogP contribution is 2.50. The summed E-state index contributed by atoms with van der Waals surface area (Å²) in [5, 5.41) is 23.3. The maximum Gasteiger partial charge on any atom is 0.269 e. The molecule has 0 fully saturated rings. The summed E-state index contributed by atoms with van der Waals surface area (Å²) in [6.45, 7) is 1.94. The molecule has 2 aromatic rings. The molecule has 150 valence electrons. The van der Waals surface area contributed by atoms with Crippen molar-refractivity contribution in [2.75, 3.05) is 0 Å². The molecule has 3 rings (SSSR count). The molecule has 1 aliphatic rings. The molecule has 29 heavy (non-hydrogen) atoms. The van der Waals surface area contributed by atoms with Gasteiger partial charge < -0.3 is 0 Å². The zero-order valence-corrected chi connectivity index (χ0v) is 17.2. The van der Waals surface area contributed by atoms with Crippen LogP contribution in [0.25, 0.3) is 5.57 Å². The summed E-state index contributed by atoms with van der Waals surface area (Å²) in [7, 11) is 0. The van der Waals surface area contributed by atoms with Crippen LogP contribution in [0.1, 0.15) is 36.8 Å². The van der Waals surface area contributed by atoms with Crippen LogP contribution in [0.4, 0.5) is 5.69 Å². The van der Waals surface area contributed by atoms with Gasteiger partial charge in [0.25, 0.3) is 5.69 Å². The fraction of sp³-hybridized carbons (Fsp3) is 0.286. The number of non-ortho nitro benzene ring substituents is 1. The molecule has 0 unspecified atom stereocenters. The molecule has 0 radical (unpaired) electrons. The SMILES string of the molecule is CCC[C@H]1C(c2ccc(Br)cc2)=C(C=O)[C@@H](c2cccc([N+](=O)[O-])c2)[C@@H]1[N+](=O)[O-]. The van der Waals surface area contributed by atoms with E-state index in [4.69, 9.17) is 0 Å². The van der Waals surface area contributed by atoms with E-state index in [1.165, 1.54) is 18.2 Å². The summed E-state index contributed by atoms with van der Waals surface area (Å²) in [5.74, 6) is -1.29. The van der Waals surface area contributed by atoms with E-state index in [1.54, 1.807) is 6.07 Å². The van der Waals surface area contributed by atoms with Gasteiger partial charge in [-0.3, -0.25) is 25.0 Å². The Morgan fingerprint density at radius 3 is 2.34 bits per heavy atom. The van der Waals surface area contributed by atoms with Crippen LogP contribution in [-0.2, 0) is 4.79 Å². The topological polar surface area (TPSA) is 103 Å². The van der Waals surface area contributed by atoms with E-state index >= 15 is 0 Å². The predicted octanol–water partition coefficient (Wildman–Crippen LogP) is 5.17. The monoisotopic (exact) mass is 458 g/mol. The molecule has 7 nitrogen and oxygen atoms in total. The second kappa shape index (κ2) is 8.65. The zero-order chi connectivity index (χ0) is 21.1. The van der Waals surface area contributed by atoms with Crippen molar-refractivity contribution >= 4 is 33.5 Å². The van der Waals surface area contributed by atoms with Crippen LogP contribution < -0.4 is 0 Å². The molecular formula is C21H19BrN2O5. The summed E-state index contributed by atoms with van der Waals surface area (Å²) < 4.78 is 0.862. The third-order valence-corrected chi connectivity index (χ3v) is 5.86. The van der Waals surface area contributed by atoms with Crippen LogP contribution in [-0.4, -0.2) is 22.2 Å². The molecule has 0 heterocycles. The molecule has 2 aromatic carbocycles. The van der Waals surface area contributed by atoms with Crippen LogP contribution >= 0.6 is 15.9 Å². The third kappa shape index (κ3) is 3.98. The molecule has 1 aliphatic carbocycles. The number of nitro benzene ring substituents is 1. The van der Waals surface area contributed by atoms with E-state index in [9.17, 15) is 25.0 Å². The molecule has 0 amide bonds. The minimum absolute atomic E-state index is 0.154. The average molecular weight is 459 g/mol. The number of aldehydes is 1. The molecule has 0 saturated heterocycles. The summed E-state index contributed by atoms with van der Waals surface area (Å²) in [6, 6.07) is 12.0. The molecule has 0 N–H and O–H groups in total. The molecule has 0 spiro atoms. The average Bonchev–Trinajstić information content (AvgIpc) is 3.03. The summed E-state index contributed by atoms with van der Waals surface area (Å²) in [6.07, 6.45) is 1.93. The first-order valence-electron chi connectivity index (χ1n) is 9.22. The Kier molecular flexibility index (Phi) is 6.22. The van der Waals surface area contributed by atoms with Gasteiger partial charge >= 0.3 is 0 Å². The van der Waals surface area contributed by atoms with Crippen molar-refractivity contribution in [3.05, 3.63) is 89.9 Å². The first kappa shape index (κ1) is 20.9. The predicted molar refractivity (Wildman–Crippen MR) is 112 cm³/mol. The van der Waals surface area contributed by atoms with Gasteiger partial charge in [0.15, 0.2) is 0 Å². The third-order valence-electron chi connectivity index (χ3n) is 5.34. The van der Waals surface area contributed by atoms with E-state index < -0.39 is 22.8 Å². The highest BCUT2D eigenvalue weighted by atomic mass is 79.9. The maximum absolute atomic E-state index is 12.2. The van der Waals surface area contributed by atoms with Gasteiger partial charge in [-0.05, 0) is 35.3 Å². The van der Waals surface area contributed by atoms with Crippen molar-refractivity contribution in [3.63, 3.8) is 0 Å². The van der Waals surface area contributed by atoms with E-state index in [0.717, 1.165) is 10.0 Å². The lowest BCUT2D eigenvalue weighted by atomic mass is 9.85. The molecular weight excluding hydrogens is 440 g/mol. The van der Waals surface area contributed by atoms with Gasteiger partial charge in [-0.15, -0.1) is 0 Å². The van der Waals surface area contributed by atoms with Gasteiger partial charge in [0, 0.05) is 27.1 Å². The van der Waals surface area contributed by atoms with Crippen LogP contribution in [0.2, 0.25) is 0 Å². The summed E-state index contributed by atoms with van der Waals surface area (Å²) in [5.41, 5.74) is 2.00. The number of halogens is 1. The number of rotatable bonds is 7. The number of carbonyl (C=O) groups is 1. The first-order chi connectivity index (χ1) is 13.9. The van der Waals surface area contributed by atoms with Crippen LogP contribution in [0.15, 0.2) is 58.6 Å². The van der Waals surface area contributed by atoms with Gasteiger partial charge in [-0.25, -0.2) is 0 Å². The highest BCUT2D eigenvalue weighted by molar-refractivity contribution is 9.10. The van der Waals surface area contributed by atoms with Gasteiger partial charge in [-0.2, -0.15) is 0 Å². The Hall–Kier alpha value is -2.87. The smallest absolute Gasteiger partial charge is 0.269 e. The van der Waals surface area contributed by atoms with E-state index in [0.29, 0.717) is 35.8 Å². The van der Waals surface area contributed by atoms with Crippen molar-refractivity contribution in [2.24, 2.45) is 5.92 Å². The number of carbonyl (C=O) groups excluding carboxylic acids is 1. The lowest BCUT2D eigenvalue weighted by molar-refractivity contribution is -0.530. The van der Waals surface area contributed by atoms with Gasteiger partial charge in [0.2, 0.25) is 6.04 Å². The van der Waals surface area contributed by atoms with Crippen LogP contribution in [0.5, 0.6) is 0 Å². The van der Waals surface area contributed by atoms with E-state index in [1.807, 2.05) is 31.2 Å². The number of benzene rings is 2. The van der Waals surface area contributed by atoms with Gasteiger partial charge in [-0.1, -0.05) is 53.5 Å². The molecule has 8 heteroatoms. The second-order valence-corrected chi connectivity index (χ2v) is 7.91. The minimum Gasteiger partial charge on any atom is -0.298 e. The molecule has 0 saturated carbocycles. The Morgan fingerprint density at radius 1 is 1.10 bits per heavy atom. The van der Waals surface area contributed by atoms with Gasteiger partial charge in [0.05, 0.1) is 16.8 Å². The number of nitro groups is 2. The lowest BCUT2D eigenvalue weighted by Crippen LogP contribution is -2.31. The van der Waals surface area contributed by atoms with Crippen molar-refractivity contribution in [3.8, 4) is 0 Å². The fourth-order valence-corrected chi connectivity index (χ4v) is 4.48. The molecule has 0 bridgehead atoms. The normalized spacial score (nSPS) is 21.2. The zero-order valence-electron chi connectivity index (χ0n) is 15.7. The summed E-state index contributed by atoms with van der Waals surface area (Å²) >= 11 is 3.38. The van der Waals surface area contributed by atoms with Crippen molar-refractivity contribution in [2.45, 2.75) is 31.7 Å². The quantitative estimate of drug-likeness (QED) is 0.323. The largest absolute Gasteiger partial charge is 0.298 e. The molecule has 0 aromatic heterocycles. The van der Waals surface area contributed by atoms with Crippen LogP contribution in [0, 0.1) is 26.1 Å². The number of hydrogen-bond donors (Lipinski definition) is 0. The van der Waals surface area contributed by atoms with Crippen molar-refractivity contribution in [1.82, 2.24) is 0 Å². The number of nitrogens with zero attached hydrogens (tertiary/aromatic N) is 2. The fourth-order valence-electron chi connectivity index (χ4n) is 4.22. The number of hydrogen-bond acceptors (Lipinski definition) is 5. The Labute approximate surface area is 175 Å². The Morgan fingerprint density at radius 2 is 1.79 bits per heavy atom. The van der Waals surface area contributed by atoms with E-state index in [-0.39, 0.29) is 10.6 Å². The summed E-state index contributed by atoms with van der Waals surface area (Å²) in [4.78, 5) is 34.6. The first-order valence-corrected chi connectivity index (χ1v) is 10.0. The molecule has 3 atom stereocenters. The Balaban J connectivity index is 2.25. The van der Waals surface area contributed by atoms with Crippen molar-refractivity contribution < 1.29 is 14.6 Å². The second-order valence-electron chi connectivity index (χ2n) is 6.99. The highest BCUT2D eigenvalue weighted by Gasteiger charge is 2.50. The standard InChI is InChI=1S/C21H19BrN2O5/c1-2-4-17-19(13-7-9-15(22)10-8-13)18(12-25)20(21(17)24(28)29)14-5-3-6-16(11-14)23(26)27/h3,5-12,17,20-21H,2,4H2,1H3/t17-,20+,21+/m0/s1. The maximum atomic E-state index is 12.2. The van der Waals surface area contributed by atoms with Crippen LogP contribution in [0.3, 0.4) is 0 Å². The minimum atomic E-state index is -1.06. The van der Waals surface area contributed by atoms with Gasteiger partial charge in [0.1, 0.15) is 6.29 Å². The Bertz CT molecular complexity index is 987. The van der Waals surface area contributed by atoms with E-state index in [2.05, 4.69) is 15.9 Å². The molecule has 0 aliphatic heterocycles. The lowest BCUT2D eigenvalue weighted by Gasteiger charge is -2.20.